The third-order valence-corrected chi connectivity index (χ3v) is 5.83. The number of H-pyrrole nitrogens is 1. The highest BCUT2D eigenvalue weighted by molar-refractivity contribution is 6.08. The van der Waals surface area contributed by atoms with Crippen molar-refractivity contribution in [1.82, 2.24) is 14.9 Å². The predicted octanol–water partition coefficient (Wildman–Crippen LogP) is 3.79. The van der Waals surface area contributed by atoms with Crippen LogP contribution in [0.3, 0.4) is 0 Å². The monoisotopic (exact) mass is 487 g/mol. The molecule has 1 aliphatic heterocycles. The van der Waals surface area contributed by atoms with Gasteiger partial charge in [-0.05, 0) is 56.2 Å². The number of nitrogens with zero attached hydrogens (tertiary/aromatic N) is 3. The van der Waals surface area contributed by atoms with Crippen LogP contribution in [-0.2, 0) is 9.53 Å². The number of ketones is 1. The Bertz CT molecular complexity index is 1280. The summed E-state index contributed by atoms with van der Waals surface area (Å²) in [4.78, 5) is 38.7. The first-order chi connectivity index (χ1) is 17.5. The highest BCUT2D eigenvalue weighted by atomic mass is 16.5. The molecular formula is C27H29N5O4. The molecule has 36 heavy (non-hydrogen) atoms. The number of hydrogen-bond acceptors (Lipinski definition) is 8. The van der Waals surface area contributed by atoms with Gasteiger partial charge in [0.15, 0.2) is 11.6 Å². The van der Waals surface area contributed by atoms with Gasteiger partial charge in [-0.3, -0.25) is 9.59 Å². The SMILES string of the molecule is C=C/C=N\C(Oc1ccc(C(=O)c2nc3ccccc3[nH]2)cc1)=C(/N)N1CCCC(C(=O)OCC)C1. The molecule has 0 aliphatic carbocycles. The van der Waals surface area contributed by atoms with E-state index in [4.69, 9.17) is 15.2 Å². The maximum absolute atomic E-state index is 12.9. The Morgan fingerprint density at radius 2 is 2.03 bits per heavy atom. The van der Waals surface area contributed by atoms with E-state index in [9.17, 15) is 9.59 Å². The lowest BCUT2D eigenvalue weighted by atomic mass is 9.98. The molecule has 2 aromatic carbocycles. The standard InChI is InChI=1S/C27H29N5O4/c1-3-15-29-26(24(28)32-16-7-8-19(17-32)27(34)35-4-2)36-20-13-11-18(12-14-20)23(33)25-30-21-9-5-6-10-22(21)31-25/h3,5-6,9-15,19H,1,4,7-8,16-17,28H2,2H3,(H,30,31)/b26-24-,29-15-. The van der Waals surface area contributed by atoms with Gasteiger partial charge >= 0.3 is 5.97 Å². The van der Waals surface area contributed by atoms with Gasteiger partial charge in [0.25, 0.3) is 5.88 Å². The van der Waals surface area contributed by atoms with Crippen molar-refractivity contribution in [3.05, 3.63) is 84.3 Å². The minimum atomic E-state index is -0.259. The normalized spacial score (nSPS) is 16.6. The third kappa shape index (κ3) is 5.63. The number of benzene rings is 2. The number of aromatic nitrogens is 2. The van der Waals surface area contributed by atoms with E-state index in [1.807, 2.05) is 29.2 Å². The zero-order valence-corrected chi connectivity index (χ0v) is 20.1. The summed E-state index contributed by atoms with van der Waals surface area (Å²) < 4.78 is 11.2. The lowest BCUT2D eigenvalue weighted by Crippen LogP contribution is -2.41. The third-order valence-electron chi connectivity index (χ3n) is 5.83. The number of nitrogens with two attached hydrogens (primary N) is 1. The number of carbonyl (C=O) groups excluding carboxylic acids is 2. The van der Waals surface area contributed by atoms with Gasteiger partial charge in [-0.1, -0.05) is 24.8 Å². The minimum absolute atomic E-state index is 0.177. The van der Waals surface area contributed by atoms with Gasteiger partial charge in [-0.15, -0.1) is 0 Å². The van der Waals surface area contributed by atoms with Crippen LogP contribution < -0.4 is 10.5 Å². The second kappa shape index (κ2) is 11.4. The second-order valence-electron chi connectivity index (χ2n) is 8.30. The first-order valence-corrected chi connectivity index (χ1v) is 11.8. The van der Waals surface area contributed by atoms with Gasteiger partial charge in [-0.2, -0.15) is 0 Å². The van der Waals surface area contributed by atoms with E-state index >= 15 is 0 Å². The molecule has 1 atom stereocenters. The number of carbonyl (C=O) groups is 2. The van der Waals surface area contributed by atoms with Crippen molar-refractivity contribution in [1.29, 1.82) is 0 Å². The Labute approximate surface area is 209 Å². The van der Waals surface area contributed by atoms with Crippen LogP contribution in [0.5, 0.6) is 5.75 Å². The molecule has 0 radical (unpaired) electrons. The molecule has 4 rings (SSSR count). The number of para-hydroxylation sites is 2. The van der Waals surface area contributed by atoms with Crippen LogP contribution in [0.2, 0.25) is 0 Å². The van der Waals surface area contributed by atoms with Crippen molar-refractivity contribution in [2.24, 2.45) is 16.6 Å². The van der Waals surface area contributed by atoms with Gasteiger partial charge < -0.3 is 25.1 Å². The molecule has 1 unspecified atom stereocenters. The maximum Gasteiger partial charge on any atom is 0.310 e. The topological polar surface area (TPSA) is 123 Å². The molecule has 1 aromatic heterocycles. The summed E-state index contributed by atoms with van der Waals surface area (Å²) in [6, 6.07) is 14.1. The average Bonchev–Trinajstić information content (AvgIpc) is 3.35. The van der Waals surface area contributed by atoms with Crippen LogP contribution in [0.15, 0.2) is 77.9 Å². The summed E-state index contributed by atoms with van der Waals surface area (Å²) in [6.07, 6.45) is 4.54. The fourth-order valence-corrected chi connectivity index (χ4v) is 4.03. The van der Waals surface area contributed by atoms with E-state index in [1.165, 1.54) is 12.3 Å². The number of esters is 1. The molecule has 3 aromatic rings. The molecule has 0 spiro atoms. The zero-order chi connectivity index (χ0) is 25.5. The fraction of sp³-hybridized carbons (Fsp3) is 0.259. The van der Waals surface area contributed by atoms with Crippen molar-refractivity contribution in [3.63, 3.8) is 0 Å². The van der Waals surface area contributed by atoms with Crippen LogP contribution >= 0.6 is 0 Å². The van der Waals surface area contributed by atoms with Crippen LogP contribution in [0.1, 0.15) is 35.9 Å². The van der Waals surface area contributed by atoms with Gasteiger partial charge in [0.1, 0.15) is 5.75 Å². The minimum Gasteiger partial charge on any atom is -0.466 e. The molecule has 1 aliphatic rings. The Balaban J connectivity index is 1.51. The zero-order valence-electron chi connectivity index (χ0n) is 20.1. The number of imidazole rings is 1. The van der Waals surface area contributed by atoms with Crippen molar-refractivity contribution in [3.8, 4) is 5.75 Å². The molecular weight excluding hydrogens is 458 g/mol. The van der Waals surface area contributed by atoms with E-state index in [1.54, 1.807) is 31.2 Å². The van der Waals surface area contributed by atoms with Crippen molar-refractivity contribution < 1.29 is 19.1 Å². The van der Waals surface area contributed by atoms with Gasteiger partial charge in [0, 0.05) is 24.9 Å². The summed E-state index contributed by atoms with van der Waals surface area (Å²) in [6.45, 7) is 6.88. The van der Waals surface area contributed by atoms with Crippen LogP contribution in [0, 0.1) is 5.92 Å². The first-order valence-electron chi connectivity index (χ1n) is 11.8. The Morgan fingerprint density at radius 3 is 2.75 bits per heavy atom. The average molecular weight is 488 g/mol. The lowest BCUT2D eigenvalue weighted by molar-refractivity contribution is -0.149. The van der Waals surface area contributed by atoms with E-state index in [-0.39, 0.29) is 29.4 Å². The summed E-state index contributed by atoms with van der Waals surface area (Å²) >= 11 is 0. The molecule has 9 nitrogen and oxygen atoms in total. The van der Waals surface area contributed by atoms with E-state index < -0.39 is 0 Å². The number of rotatable bonds is 9. The number of aromatic amines is 1. The molecule has 9 heteroatoms. The summed E-state index contributed by atoms with van der Waals surface area (Å²) in [5.41, 5.74) is 8.41. The number of allylic oxidation sites excluding steroid dienone is 1. The number of piperidine rings is 1. The summed E-state index contributed by atoms with van der Waals surface area (Å²) in [5, 5.41) is 0. The van der Waals surface area contributed by atoms with Gasteiger partial charge in [0.05, 0.1) is 23.6 Å². The second-order valence-corrected chi connectivity index (χ2v) is 8.30. The van der Waals surface area contributed by atoms with E-state index in [0.717, 1.165) is 23.9 Å². The highest BCUT2D eigenvalue weighted by Gasteiger charge is 2.28. The van der Waals surface area contributed by atoms with Crippen LogP contribution in [0.4, 0.5) is 0 Å². The summed E-state index contributed by atoms with van der Waals surface area (Å²) in [7, 11) is 0. The Kier molecular flexibility index (Phi) is 7.79. The number of aliphatic imine (C=N–C) groups is 1. The molecule has 0 amide bonds. The summed E-state index contributed by atoms with van der Waals surface area (Å²) in [5.74, 6) is 0.499. The number of fused-ring (bicyclic) bond motifs is 1. The number of nitrogens with one attached hydrogen (secondary N) is 1. The molecule has 2 heterocycles. The molecule has 0 bridgehead atoms. The first kappa shape index (κ1) is 24.7. The van der Waals surface area contributed by atoms with Crippen molar-refractivity contribution in [2.75, 3.05) is 19.7 Å². The van der Waals surface area contributed by atoms with Crippen molar-refractivity contribution >= 4 is 29.0 Å². The van der Waals surface area contributed by atoms with E-state index in [0.29, 0.717) is 36.8 Å². The molecule has 1 fully saturated rings. The molecule has 3 N–H and O–H groups in total. The van der Waals surface area contributed by atoms with Crippen molar-refractivity contribution in [2.45, 2.75) is 19.8 Å². The predicted molar refractivity (Wildman–Crippen MR) is 137 cm³/mol. The van der Waals surface area contributed by atoms with Crippen LogP contribution in [-0.4, -0.2) is 52.5 Å². The number of hydrogen-bond donors (Lipinski definition) is 2. The Morgan fingerprint density at radius 1 is 1.25 bits per heavy atom. The molecule has 1 saturated heterocycles. The van der Waals surface area contributed by atoms with E-state index in [2.05, 4.69) is 21.5 Å². The van der Waals surface area contributed by atoms with Gasteiger partial charge in [-0.25, -0.2) is 9.98 Å². The maximum atomic E-state index is 12.9. The quantitative estimate of drug-likeness (QED) is 0.204. The number of ether oxygens (including phenoxy) is 2. The fourth-order valence-electron chi connectivity index (χ4n) is 4.03. The number of likely N-dealkylation sites (tertiary alicyclic amines) is 1. The largest absolute Gasteiger partial charge is 0.466 e. The smallest absolute Gasteiger partial charge is 0.310 e. The Hall–Kier alpha value is -4.40. The highest BCUT2D eigenvalue weighted by Crippen LogP contribution is 2.24. The van der Waals surface area contributed by atoms with Gasteiger partial charge in [0.2, 0.25) is 5.78 Å². The molecule has 0 saturated carbocycles. The lowest BCUT2D eigenvalue weighted by Gasteiger charge is -2.33. The van der Waals surface area contributed by atoms with Crippen LogP contribution in [0.25, 0.3) is 11.0 Å². The molecule has 186 valence electrons.